The minimum Gasteiger partial charge on any atom is -0.493 e. The first-order valence-corrected chi connectivity index (χ1v) is 11.0. The second kappa shape index (κ2) is 11.1. The molecule has 0 radical (unpaired) electrons. The molecule has 1 atom stereocenters. The van der Waals surface area contributed by atoms with E-state index in [0.717, 1.165) is 11.1 Å². The molecule has 180 valence electrons. The maximum atomic E-state index is 11.5. The fraction of sp³-hybridized carbons (Fsp3) is 0.480. The lowest BCUT2D eigenvalue weighted by atomic mass is 9.91. The largest absolute Gasteiger partial charge is 0.493 e. The van der Waals surface area contributed by atoms with Gasteiger partial charge in [0.1, 0.15) is 0 Å². The number of hydrogen-bond acceptors (Lipinski definition) is 7. The number of rotatable bonds is 10. The zero-order chi connectivity index (χ0) is 24.0. The number of carbonyl (C=O) groups is 1. The Labute approximate surface area is 195 Å². The lowest BCUT2D eigenvalue weighted by Gasteiger charge is -2.37. The molecule has 0 spiro atoms. The van der Waals surface area contributed by atoms with Crippen LogP contribution in [0.5, 0.6) is 28.7 Å². The highest BCUT2D eigenvalue weighted by Gasteiger charge is 2.32. The van der Waals surface area contributed by atoms with Crippen molar-refractivity contribution in [2.24, 2.45) is 5.92 Å². The van der Waals surface area contributed by atoms with E-state index < -0.39 is 5.97 Å². The first kappa shape index (κ1) is 24.5. The lowest BCUT2D eigenvalue weighted by molar-refractivity contribution is -0.143. The van der Waals surface area contributed by atoms with E-state index in [4.69, 9.17) is 23.7 Å². The minimum absolute atomic E-state index is 0.168. The zero-order valence-corrected chi connectivity index (χ0v) is 19.9. The Morgan fingerprint density at radius 3 is 1.97 bits per heavy atom. The topological polar surface area (TPSA) is 86.7 Å². The average molecular weight is 460 g/mol. The molecule has 2 aromatic carbocycles. The number of benzene rings is 2. The number of likely N-dealkylation sites (tertiary alicyclic amines) is 1. The van der Waals surface area contributed by atoms with Crippen LogP contribution in [0.2, 0.25) is 0 Å². The van der Waals surface area contributed by atoms with Crippen molar-refractivity contribution in [2.45, 2.75) is 25.8 Å². The number of ether oxygens (including phenoxy) is 5. The standard InChI is InChI=1S/C25H33NO7/c1-6-33-19-8-7-17(13-20(19)29-2)23(26-11-9-16(10-12-26)25(27)28)18-14-21(30-3)24(32-5)22(15-18)31-4/h7-8,13-16,23H,6,9-12H2,1-5H3,(H,27,28). The van der Waals surface area contributed by atoms with Gasteiger partial charge in [-0.3, -0.25) is 9.69 Å². The number of piperidine rings is 1. The molecule has 1 unspecified atom stereocenters. The van der Waals surface area contributed by atoms with Crippen molar-refractivity contribution in [1.82, 2.24) is 4.90 Å². The maximum Gasteiger partial charge on any atom is 0.306 e. The second-order valence-electron chi connectivity index (χ2n) is 7.85. The number of carboxylic acids is 1. The Morgan fingerprint density at radius 1 is 0.909 bits per heavy atom. The molecule has 0 bridgehead atoms. The van der Waals surface area contributed by atoms with E-state index in [1.165, 1.54) is 0 Å². The van der Waals surface area contributed by atoms with Gasteiger partial charge in [-0.1, -0.05) is 6.07 Å². The average Bonchev–Trinajstić information content (AvgIpc) is 2.84. The molecule has 1 saturated heterocycles. The van der Waals surface area contributed by atoms with Gasteiger partial charge in [0, 0.05) is 0 Å². The van der Waals surface area contributed by atoms with E-state index in [-0.39, 0.29) is 12.0 Å². The highest BCUT2D eigenvalue weighted by atomic mass is 16.5. The Hall–Kier alpha value is -3.13. The van der Waals surface area contributed by atoms with E-state index in [1.807, 2.05) is 37.3 Å². The Morgan fingerprint density at radius 2 is 1.48 bits per heavy atom. The Kier molecular flexibility index (Phi) is 8.27. The fourth-order valence-electron chi connectivity index (χ4n) is 4.41. The molecule has 1 aliphatic heterocycles. The van der Waals surface area contributed by atoms with Crippen LogP contribution in [-0.4, -0.2) is 64.1 Å². The van der Waals surface area contributed by atoms with Gasteiger partial charge in [-0.15, -0.1) is 0 Å². The van der Waals surface area contributed by atoms with Gasteiger partial charge < -0.3 is 28.8 Å². The quantitative estimate of drug-likeness (QED) is 0.570. The highest BCUT2D eigenvalue weighted by Crippen LogP contribution is 2.44. The number of methoxy groups -OCH3 is 4. The van der Waals surface area contributed by atoms with E-state index >= 15 is 0 Å². The molecule has 0 aromatic heterocycles. The first-order chi connectivity index (χ1) is 16.0. The molecule has 1 fully saturated rings. The van der Waals surface area contributed by atoms with Crippen molar-refractivity contribution in [1.29, 1.82) is 0 Å². The SMILES string of the molecule is CCOc1ccc(C(c2cc(OC)c(OC)c(OC)c2)N2CCC(C(=O)O)CC2)cc1OC. The molecule has 3 rings (SSSR count). The molecule has 0 aliphatic carbocycles. The van der Waals surface area contributed by atoms with Gasteiger partial charge in [-0.25, -0.2) is 0 Å². The summed E-state index contributed by atoms with van der Waals surface area (Å²) in [6.07, 6.45) is 1.18. The van der Waals surface area contributed by atoms with Crippen molar-refractivity contribution in [3.05, 3.63) is 41.5 Å². The van der Waals surface area contributed by atoms with Crippen molar-refractivity contribution in [3.63, 3.8) is 0 Å². The van der Waals surface area contributed by atoms with Crippen LogP contribution in [0, 0.1) is 5.92 Å². The van der Waals surface area contributed by atoms with Gasteiger partial charge in [0.05, 0.1) is 47.0 Å². The van der Waals surface area contributed by atoms with Crippen LogP contribution in [0.3, 0.4) is 0 Å². The summed E-state index contributed by atoms with van der Waals surface area (Å²) in [6, 6.07) is 9.62. The van der Waals surface area contributed by atoms with Crippen molar-refractivity contribution < 1.29 is 33.6 Å². The zero-order valence-electron chi connectivity index (χ0n) is 19.9. The van der Waals surface area contributed by atoms with Crippen LogP contribution in [0.15, 0.2) is 30.3 Å². The van der Waals surface area contributed by atoms with Gasteiger partial charge in [0.25, 0.3) is 0 Å². The monoisotopic (exact) mass is 459 g/mol. The highest BCUT2D eigenvalue weighted by molar-refractivity contribution is 5.70. The van der Waals surface area contributed by atoms with Gasteiger partial charge >= 0.3 is 5.97 Å². The number of carboxylic acid groups (broad SMARTS) is 1. The maximum absolute atomic E-state index is 11.5. The smallest absolute Gasteiger partial charge is 0.306 e. The summed E-state index contributed by atoms with van der Waals surface area (Å²) in [5, 5.41) is 9.44. The molecule has 1 heterocycles. The summed E-state index contributed by atoms with van der Waals surface area (Å²) in [5.74, 6) is 1.92. The van der Waals surface area contributed by atoms with Crippen molar-refractivity contribution in [3.8, 4) is 28.7 Å². The van der Waals surface area contributed by atoms with Crippen LogP contribution in [0.4, 0.5) is 0 Å². The third-order valence-corrected chi connectivity index (χ3v) is 6.05. The van der Waals surface area contributed by atoms with Crippen molar-refractivity contribution in [2.75, 3.05) is 48.1 Å². The third kappa shape index (κ3) is 5.27. The summed E-state index contributed by atoms with van der Waals surface area (Å²) >= 11 is 0. The van der Waals surface area contributed by atoms with E-state index in [9.17, 15) is 9.90 Å². The number of aliphatic carboxylic acids is 1. The summed E-state index contributed by atoms with van der Waals surface area (Å²) in [4.78, 5) is 13.8. The molecule has 1 N–H and O–H groups in total. The molecule has 1 aliphatic rings. The molecule has 8 heteroatoms. The molecule has 33 heavy (non-hydrogen) atoms. The molecule has 0 saturated carbocycles. The van der Waals surface area contributed by atoms with Gasteiger partial charge in [0.15, 0.2) is 23.0 Å². The molecule has 2 aromatic rings. The summed E-state index contributed by atoms with van der Waals surface area (Å²) < 4.78 is 28.0. The Bertz CT molecular complexity index is 929. The van der Waals surface area contributed by atoms with Crippen LogP contribution >= 0.6 is 0 Å². The van der Waals surface area contributed by atoms with E-state index in [0.29, 0.717) is 61.3 Å². The summed E-state index contributed by atoms with van der Waals surface area (Å²) in [6.45, 7) is 3.76. The van der Waals surface area contributed by atoms with Crippen LogP contribution < -0.4 is 23.7 Å². The summed E-state index contributed by atoms with van der Waals surface area (Å²) in [5.41, 5.74) is 1.95. The van der Waals surface area contributed by atoms with Crippen molar-refractivity contribution >= 4 is 5.97 Å². The molecular weight excluding hydrogens is 426 g/mol. The van der Waals surface area contributed by atoms with Gasteiger partial charge in [-0.2, -0.15) is 0 Å². The fourth-order valence-corrected chi connectivity index (χ4v) is 4.41. The third-order valence-electron chi connectivity index (χ3n) is 6.05. The van der Waals surface area contributed by atoms with Crippen LogP contribution in [0.25, 0.3) is 0 Å². The minimum atomic E-state index is -0.735. The van der Waals surface area contributed by atoms with Crippen LogP contribution in [0.1, 0.15) is 36.9 Å². The van der Waals surface area contributed by atoms with Gasteiger partial charge in [0.2, 0.25) is 5.75 Å². The number of nitrogens with zero attached hydrogens (tertiary/aromatic N) is 1. The lowest BCUT2D eigenvalue weighted by Crippen LogP contribution is -2.39. The van der Waals surface area contributed by atoms with Gasteiger partial charge in [-0.05, 0) is 68.2 Å². The summed E-state index contributed by atoms with van der Waals surface area (Å²) in [7, 11) is 6.38. The van der Waals surface area contributed by atoms with E-state index in [1.54, 1.807) is 28.4 Å². The first-order valence-electron chi connectivity index (χ1n) is 11.0. The second-order valence-corrected chi connectivity index (χ2v) is 7.85. The predicted molar refractivity (Wildman–Crippen MR) is 124 cm³/mol. The van der Waals surface area contributed by atoms with Crippen LogP contribution in [-0.2, 0) is 4.79 Å². The Balaban J connectivity index is 2.10. The number of hydrogen-bond donors (Lipinski definition) is 1. The normalized spacial score (nSPS) is 15.5. The molecular formula is C25H33NO7. The predicted octanol–water partition coefficient (Wildman–Crippen LogP) is 4.01. The molecule has 8 nitrogen and oxygen atoms in total. The molecule has 0 amide bonds. The van der Waals surface area contributed by atoms with E-state index in [2.05, 4.69) is 4.90 Å².